The van der Waals surface area contributed by atoms with Crippen LogP contribution in [0.15, 0.2) is 55.0 Å². The molecule has 2 aromatic heterocycles. The van der Waals surface area contributed by atoms with Crippen molar-refractivity contribution < 1.29 is 9.59 Å². The third kappa shape index (κ3) is 4.77. The van der Waals surface area contributed by atoms with Crippen LogP contribution in [-0.2, 0) is 7.05 Å². The number of benzene rings is 1. The van der Waals surface area contributed by atoms with E-state index in [4.69, 9.17) is 5.73 Å². The summed E-state index contributed by atoms with van der Waals surface area (Å²) in [6.45, 7) is 0. The Morgan fingerprint density at radius 1 is 1.19 bits per heavy atom. The van der Waals surface area contributed by atoms with Crippen LogP contribution in [0.3, 0.4) is 0 Å². The molecule has 0 saturated heterocycles. The number of amides is 2. The first-order valence-electron chi connectivity index (χ1n) is 9.97. The minimum atomic E-state index is -0.675. The van der Waals surface area contributed by atoms with E-state index in [0.29, 0.717) is 23.4 Å². The molecular formula is C22H23N7O2. The van der Waals surface area contributed by atoms with E-state index in [0.717, 1.165) is 18.4 Å². The molecule has 0 spiro atoms. The molecule has 1 aromatic carbocycles. The molecule has 4 N–H and O–H groups in total. The summed E-state index contributed by atoms with van der Waals surface area (Å²) in [4.78, 5) is 33.3. The Kier molecular flexibility index (Phi) is 5.74. The number of aryl methyl sites for hydroxylation is 1. The summed E-state index contributed by atoms with van der Waals surface area (Å²) in [6.07, 6.45) is 9.26. The first kappa shape index (κ1) is 20.3. The van der Waals surface area contributed by atoms with E-state index in [9.17, 15) is 9.59 Å². The Hall–Kier alpha value is -4.01. The second kappa shape index (κ2) is 8.78. The van der Waals surface area contributed by atoms with Crippen molar-refractivity contribution >= 4 is 28.9 Å². The van der Waals surface area contributed by atoms with Gasteiger partial charge in [0.1, 0.15) is 0 Å². The summed E-state index contributed by atoms with van der Waals surface area (Å²) >= 11 is 0. The molecule has 0 fully saturated rings. The van der Waals surface area contributed by atoms with Gasteiger partial charge in [-0.3, -0.25) is 14.3 Å². The van der Waals surface area contributed by atoms with E-state index >= 15 is 0 Å². The van der Waals surface area contributed by atoms with Crippen LogP contribution in [0.1, 0.15) is 45.8 Å². The summed E-state index contributed by atoms with van der Waals surface area (Å²) in [7, 11) is 1.79. The molecule has 0 bridgehead atoms. The quantitative estimate of drug-likeness (QED) is 0.565. The van der Waals surface area contributed by atoms with E-state index in [1.165, 1.54) is 0 Å². The lowest BCUT2D eigenvalue weighted by Gasteiger charge is -2.24. The minimum absolute atomic E-state index is 0.0280. The molecule has 4 rings (SSSR count). The number of allylic oxidation sites excluding steroid dienone is 1. The number of rotatable bonds is 6. The number of primary amides is 1. The van der Waals surface area contributed by atoms with Gasteiger partial charge in [0, 0.05) is 24.8 Å². The maximum Gasteiger partial charge on any atom is 0.271 e. The third-order valence-corrected chi connectivity index (χ3v) is 5.05. The van der Waals surface area contributed by atoms with Crippen molar-refractivity contribution in [2.45, 2.75) is 25.3 Å². The molecule has 2 heterocycles. The second-order valence-corrected chi connectivity index (χ2v) is 7.39. The van der Waals surface area contributed by atoms with Gasteiger partial charge in [0.15, 0.2) is 11.5 Å². The number of carbonyl (C=O) groups is 2. The lowest BCUT2D eigenvalue weighted by molar-refractivity contribution is 0.0934. The molecule has 0 aliphatic heterocycles. The fraction of sp³-hybridized carbons (Fsp3) is 0.227. The molecule has 0 unspecified atom stereocenters. The van der Waals surface area contributed by atoms with Crippen LogP contribution in [0, 0.1) is 0 Å². The number of hydrogen-bond donors (Lipinski definition) is 3. The average molecular weight is 417 g/mol. The lowest BCUT2D eigenvalue weighted by Crippen LogP contribution is -2.36. The fourth-order valence-electron chi connectivity index (χ4n) is 3.53. The van der Waals surface area contributed by atoms with Crippen LogP contribution < -0.4 is 16.4 Å². The maximum atomic E-state index is 12.5. The van der Waals surface area contributed by atoms with Crippen LogP contribution >= 0.6 is 0 Å². The number of anilines is 2. The molecule has 1 aliphatic rings. The monoisotopic (exact) mass is 417 g/mol. The third-order valence-electron chi connectivity index (χ3n) is 5.05. The van der Waals surface area contributed by atoms with Gasteiger partial charge in [-0.05, 0) is 37.0 Å². The van der Waals surface area contributed by atoms with Crippen LogP contribution in [0.4, 0.5) is 11.5 Å². The highest BCUT2D eigenvalue weighted by atomic mass is 16.2. The maximum absolute atomic E-state index is 12.5. The SMILES string of the molecule is Cn1cc(Nc2ncc(C3=CCC[C@H](NC(=O)c4ccccc4)C3)nc2C(N)=O)cn1. The smallest absolute Gasteiger partial charge is 0.271 e. The molecule has 1 aliphatic carbocycles. The molecule has 9 nitrogen and oxygen atoms in total. The van der Waals surface area contributed by atoms with Gasteiger partial charge in [-0.2, -0.15) is 5.10 Å². The average Bonchev–Trinajstić information content (AvgIpc) is 3.19. The van der Waals surface area contributed by atoms with Crippen molar-refractivity contribution in [2.75, 3.05) is 5.32 Å². The van der Waals surface area contributed by atoms with E-state index in [1.54, 1.807) is 42.5 Å². The van der Waals surface area contributed by atoms with Crippen molar-refractivity contribution in [3.05, 3.63) is 71.9 Å². The Bertz CT molecular complexity index is 1140. The van der Waals surface area contributed by atoms with Gasteiger partial charge in [0.05, 0.1) is 23.8 Å². The van der Waals surface area contributed by atoms with Crippen LogP contribution in [0.5, 0.6) is 0 Å². The normalized spacial score (nSPS) is 15.8. The van der Waals surface area contributed by atoms with Crippen molar-refractivity contribution in [3.8, 4) is 0 Å². The minimum Gasteiger partial charge on any atom is -0.364 e. The first-order chi connectivity index (χ1) is 15.0. The largest absolute Gasteiger partial charge is 0.364 e. The summed E-state index contributed by atoms with van der Waals surface area (Å²) in [5.74, 6) is -0.507. The molecule has 3 aromatic rings. The first-order valence-corrected chi connectivity index (χ1v) is 9.97. The van der Waals surface area contributed by atoms with Crippen molar-refractivity contribution in [2.24, 2.45) is 12.8 Å². The predicted molar refractivity (Wildman–Crippen MR) is 117 cm³/mol. The summed E-state index contributed by atoms with van der Waals surface area (Å²) in [5, 5.41) is 10.2. The highest BCUT2D eigenvalue weighted by Gasteiger charge is 2.22. The number of hydrogen-bond acceptors (Lipinski definition) is 6. The zero-order chi connectivity index (χ0) is 21.8. The number of nitrogens with zero attached hydrogens (tertiary/aromatic N) is 4. The number of carbonyl (C=O) groups excluding carboxylic acids is 2. The molecule has 2 amide bonds. The highest BCUT2D eigenvalue weighted by molar-refractivity contribution is 5.96. The van der Waals surface area contributed by atoms with Crippen LogP contribution in [-0.4, -0.2) is 37.6 Å². The van der Waals surface area contributed by atoms with Crippen molar-refractivity contribution in [1.82, 2.24) is 25.1 Å². The van der Waals surface area contributed by atoms with Gasteiger partial charge >= 0.3 is 0 Å². The van der Waals surface area contributed by atoms with Crippen LogP contribution in [0.25, 0.3) is 5.57 Å². The number of aromatic nitrogens is 4. The Labute approximate surface area is 179 Å². The van der Waals surface area contributed by atoms with Gasteiger partial charge in [-0.15, -0.1) is 0 Å². The Morgan fingerprint density at radius 3 is 2.71 bits per heavy atom. The standard InChI is InChI=1S/C22H23N7O2/c1-29-13-17(11-25-29)26-21-19(20(23)30)28-18(12-24-21)15-8-5-9-16(10-15)27-22(31)14-6-3-2-4-7-14/h2-4,6-8,11-13,16H,5,9-10H2,1H3,(H2,23,30)(H,24,26)(H,27,31)/t16-/m0/s1. The summed E-state index contributed by atoms with van der Waals surface area (Å²) in [5.41, 5.74) is 8.40. The van der Waals surface area contributed by atoms with Crippen molar-refractivity contribution in [3.63, 3.8) is 0 Å². The molecular weight excluding hydrogens is 394 g/mol. The zero-order valence-corrected chi connectivity index (χ0v) is 17.1. The predicted octanol–water partition coefficient (Wildman–Crippen LogP) is 2.42. The summed E-state index contributed by atoms with van der Waals surface area (Å²) in [6, 6.07) is 9.09. The molecule has 158 valence electrons. The van der Waals surface area contributed by atoms with Gasteiger partial charge in [-0.25, -0.2) is 9.97 Å². The Morgan fingerprint density at radius 2 is 2.00 bits per heavy atom. The van der Waals surface area contributed by atoms with Gasteiger partial charge < -0.3 is 16.4 Å². The second-order valence-electron chi connectivity index (χ2n) is 7.39. The summed E-state index contributed by atoms with van der Waals surface area (Å²) < 4.78 is 1.63. The number of nitrogens with two attached hydrogens (primary N) is 1. The molecule has 0 radical (unpaired) electrons. The van der Waals surface area contributed by atoms with Gasteiger partial charge in [0.25, 0.3) is 11.8 Å². The fourth-order valence-corrected chi connectivity index (χ4v) is 3.53. The lowest BCUT2D eigenvalue weighted by atomic mass is 9.92. The van der Waals surface area contributed by atoms with E-state index < -0.39 is 5.91 Å². The van der Waals surface area contributed by atoms with Crippen molar-refractivity contribution in [1.29, 1.82) is 0 Å². The zero-order valence-electron chi connectivity index (χ0n) is 17.1. The van der Waals surface area contributed by atoms with E-state index in [1.807, 2.05) is 18.2 Å². The molecule has 0 saturated carbocycles. The van der Waals surface area contributed by atoms with Gasteiger partial charge in [-0.1, -0.05) is 24.3 Å². The molecule has 1 atom stereocenters. The number of nitrogens with one attached hydrogen (secondary N) is 2. The van der Waals surface area contributed by atoms with Gasteiger partial charge in [0.2, 0.25) is 0 Å². The van der Waals surface area contributed by atoms with Crippen LogP contribution in [0.2, 0.25) is 0 Å². The topological polar surface area (TPSA) is 128 Å². The van der Waals surface area contributed by atoms with E-state index in [-0.39, 0.29) is 23.5 Å². The molecule has 31 heavy (non-hydrogen) atoms. The highest BCUT2D eigenvalue weighted by Crippen LogP contribution is 2.27. The molecule has 9 heteroatoms. The van der Waals surface area contributed by atoms with E-state index in [2.05, 4.69) is 31.8 Å². The Balaban J connectivity index is 1.50.